The summed E-state index contributed by atoms with van der Waals surface area (Å²) in [5, 5.41) is 9.03. The second-order valence-corrected chi connectivity index (χ2v) is 5.10. The molecule has 0 aliphatic carbocycles. The molecule has 1 amide bonds. The fourth-order valence-electron chi connectivity index (χ4n) is 2.42. The van der Waals surface area contributed by atoms with Crippen molar-refractivity contribution in [2.24, 2.45) is 0 Å². The summed E-state index contributed by atoms with van der Waals surface area (Å²) >= 11 is 0. The number of rotatable bonds is 8. The van der Waals surface area contributed by atoms with Gasteiger partial charge in [-0.15, -0.1) is 0 Å². The van der Waals surface area contributed by atoms with Crippen LogP contribution in [0.1, 0.15) is 53.2 Å². The number of carboxylic acid groups (broad SMARTS) is 1. The standard InChI is InChI=1S/C16H24N2O4/c1-5-12(6-2)18(9-10-22-4)15(19)14-8-7-13(16(20)21)11(3)17-14/h7-8,12H,5-6,9-10H2,1-4H3,(H,20,21). The molecule has 6 nitrogen and oxygen atoms in total. The van der Waals surface area contributed by atoms with E-state index in [9.17, 15) is 9.59 Å². The molecule has 0 saturated carbocycles. The zero-order valence-electron chi connectivity index (χ0n) is 13.6. The molecule has 122 valence electrons. The van der Waals surface area contributed by atoms with Crippen molar-refractivity contribution in [3.05, 3.63) is 29.1 Å². The highest BCUT2D eigenvalue weighted by Gasteiger charge is 2.24. The van der Waals surface area contributed by atoms with Gasteiger partial charge in [-0.25, -0.2) is 9.78 Å². The molecule has 1 aromatic heterocycles. The van der Waals surface area contributed by atoms with Crippen molar-refractivity contribution in [3.63, 3.8) is 0 Å². The third kappa shape index (κ3) is 4.27. The van der Waals surface area contributed by atoms with E-state index in [1.165, 1.54) is 12.1 Å². The van der Waals surface area contributed by atoms with E-state index in [2.05, 4.69) is 4.98 Å². The lowest BCUT2D eigenvalue weighted by molar-refractivity contribution is 0.0581. The van der Waals surface area contributed by atoms with Crippen LogP contribution in [0.3, 0.4) is 0 Å². The first-order valence-electron chi connectivity index (χ1n) is 7.47. The van der Waals surface area contributed by atoms with Crippen molar-refractivity contribution in [3.8, 4) is 0 Å². The van der Waals surface area contributed by atoms with Gasteiger partial charge in [-0.3, -0.25) is 4.79 Å². The van der Waals surface area contributed by atoms with Gasteiger partial charge in [0.2, 0.25) is 0 Å². The number of amides is 1. The summed E-state index contributed by atoms with van der Waals surface area (Å²) in [6, 6.07) is 3.02. The number of carbonyl (C=O) groups excluding carboxylic acids is 1. The molecular weight excluding hydrogens is 284 g/mol. The number of ether oxygens (including phenoxy) is 1. The van der Waals surface area contributed by atoms with Crippen molar-refractivity contribution in [1.82, 2.24) is 9.88 Å². The van der Waals surface area contributed by atoms with Gasteiger partial charge in [0.1, 0.15) is 5.69 Å². The van der Waals surface area contributed by atoms with Crippen molar-refractivity contribution < 1.29 is 19.4 Å². The van der Waals surface area contributed by atoms with E-state index < -0.39 is 5.97 Å². The lowest BCUT2D eigenvalue weighted by Gasteiger charge is -2.30. The van der Waals surface area contributed by atoms with Gasteiger partial charge in [-0.05, 0) is 31.9 Å². The van der Waals surface area contributed by atoms with Crippen LogP contribution in [0.15, 0.2) is 12.1 Å². The van der Waals surface area contributed by atoms with E-state index in [1.807, 2.05) is 13.8 Å². The molecule has 0 aliphatic heterocycles. The summed E-state index contributed by atoms with van der Waals surface area (Å²) < 4.78 is 5.08. The van der Waals surface area contributed by atoms with Crippen molar-refractivity contribution in [2.75, 3.05) is 20.3 Å². The second kappa shape index (κ2) is 8.48. The van der Waals surface area contributed by atoms with Gasteiger partial charge in [0.05, 0.1) is 17.9 Å². The molecule has 1 N–H and O–H groups in total. The Hall–Kier alpha value is -1.95. The van der Waals surface area contributed by atoms with Gasteiger partial charge in [-0.2, -0.15) is 0 Å². The first kappa shape index (κ1) is 18.1. The van der Waals surface area contributed by atoms with Crippen LogP contribution < -0.4 is 0 Å². The van der Waals surface area contributed by atoms with Crippen LogP contribution in [0.25, 0.3) is 0 Å². The van der Waals surface area contributed by atoms with Crippen LogP contribution in [0.4, 0.5) is 0 Å². The van der Waals surface area contributed by atoms with Crippen LogP contribution >= 0.6 is 0 Å². The number of carbonyl (C=O) groups is 2. The summed E-state index contributed by atoms with van der Waals surface area (Å²) in [7, 11) is 1.60. The minimum absolute atomic E-state index is 0.113. The molecule has 22 heavy (non-hydrogen) atoms. The highest BCUT2D eigenvalue weighted by Crippen LogP contribution is 2.14. The summed E-state index contributed by atoms with van der Waals surface area (Å²) in [5.41, 5.74) is 0.725. The molecule has 0 atom stereocenters. The first-order valence-corrected chi connectivity index (χ1v) is 7.47. The van der Waals surface area contributed by atoms with Gasteiger partial charge in [-0.1, -0.05) is 13.8 Å². The zero-order valence-corrected chi connectivity index (χ0v) is 13.6. The Kier molecular flexibility index (Phi) is 6.98. The molecular formula is C16H24N2O4. The number of hydrogen-bond donors (Lipinski definition) is 1. The third-order valence-corrected chi connectivity index (χ3v) is 3.72. The average Bonchev–Trinajstić information content (AvgIpc) is 2.50. The van der Waals surface area contributed by atoms with Gasteiger partial charge in [0.15, 0.2) is 0 Å². The number of nitrogens with zero attached hydrogens (tertiary/aromatic N) is 2. The van der Waals surface area contributed by atoms with E-state index >= 15 is 0 Å². The van der Waals surface area contributed by atoms with Crippen LogP contribution in [-0.4, -0.2) is 53.2 Å². The van der Waals surface area contributed by atoms with Crippen LogP contribution in [-0.2, 0) is 4.74 Å². The monoisotopic (exact) mass is 308 g/mol. The Morgan fingerprint density at radius 2 is 1.95 bits per heavy atom. The normalized spacial score (nSPS) is 10.8. The van der Waals surface area contributed by atoms with Gasteiger partial charge >= 0.3 is 5.97 Å². The predicted molar refractivity (Wildman–Crippen MR) is 83.2 cm³/mol. The number of carboxylic acids is 1. The molecule has 6 heteroatoms. The predicted octanol–water partition coefficient (Wildman–Crippen LogP) is 2.37. The minimum Gasteiger partial charge on any atom is -0.478 e. The molecule has 1 rings (SSSR count). The van der Waals surface area contributed by atoms with E-state index in [4.69, 9.17) is 9.84 Å². The topological polar surface area (TPSA) is 79.7 Å². The Balaban J connectivity index is 3.07. The fraction of sp³-hybridized carbons (Fsp3) is 0.562. The number of hydrogen-bond acceptors (Lipinski definition) is 4. The minimum atomic E-state index is -1.04. The van der Waals surface area contributed by atoms with E-state index in [0.717, 1.165) is 12.8 Å². The van der Waals surface area contributed by atoms with Gasteiger partial charge in [0, 0.05) is 19.7 Å². The van der Waals surface area contributed by atoms with Gasteiger partial charge in [0.25, 0.3) is 5.91 Å². The Labute approximate surface area is 131 Å². The number of aromatic carboxylic acids is 1. The highest BCUT2D eigenvalue weighted by molar-refractivity contribution is 5.94. The third-order valence-electron chi connectivity index (χ3n) is 3.72. The molecule has 0 aliphatic rings. The molecule has 0 aromatic carbocycles. The molecule has 0 fully saturated rings. The summed E-state index contributed by atoms with van der Waals surface area (Å²) in [6.45, 7) is 6.61. The molecule has 0 saturated heterocycles. The quantitative estimate of drug-likeness (QED) is 0.797. The number of aryl methyl sites for hydroxylation is 1. The lowest BCUT2D eigenvalue weighted by Crippen LogP contribution is -2.42. The number of pyridine rings is 1. The van der Waals surface area contributed by atoms with Crippen molar-refractivity contribution in [2.45, 2.75) is 39.7 Å². The number of methoxy groups -OCH3 is 1. The smallest absolute Gasteiger partial charge is 0.337 e. The van der Waals surface area contributed by atoms with E-state index in [-0.39, 0.29) is 23.2 Å². The Bertz CT molecular complexity index is 527. The largest absolute Gasteiger partial charge is 0.478 e. The molecule has 0 unspecified atom stereocenters. The van der Waals surface area contributed by atoms with Gasteiger partial charge < -0.3 is 14.7 Å². The van der Waals surface area contributed by atoms with Crippen molar-refractivity contribution >= 4 is 11.9 Å². The second-order valence-electron chi connectivity index (χ2n) is 5.10. The van der Waals surface area contributed by atoms with E-state index in [1.54, 1.807) is 18.9 Å². The van der Waals surface area contributed by atoms with Crippen molar-refractivity contribution in [1.29, 1.82) is 0 Å². The molecule has 0 bridgehead atoms. The Morgan fingerprint density at radius 3 is 2.41 bits per heavy atom. The Morgan fingerprint density at radius 1 is 1.32 bits per heavy atom. The maximum Gasteiger partial charge on any atom is 0.337 e. The van der Waals surface area contributed by atoms with Crippen LogP contribution in [0, 0.1) is 6.92 Å². The molecule has 0 spiro atoms. The van der Waals surface area contributed by atoms with E-state index in [0.29, 0.717) is 18.8 Å². The summed E-state index contributed by atoms with van der Waals surface area (Å²) in [4.78, 5) is 29.6. The molecule has 1 heterocycles. The zero-order chi connectivity index (χ0) is 16.7. The SMILES string of the molecule is CCC(CC)N(CCOC)C(=O)c1ccc(C(=O)O)c(C)n1. The van der Waals surface area contributed by atoms with Crippen LogP contribution in [0.5, 0.6) is 0 Å². The fourth-order valence-corrected chi connectivity index (χ4v) is 2.42. The molecule has 1 aromatic rings. The summed E-state index contributed by atoms with van der Waals surface area (Å²) in [6.07, 6.45) is 1.69. The maximum absolute atomic E-state index is 12.7. The maximum atomic E-state index is 12.7. The van der Waals surface area contributed by atoms with Crippen LogP contribution in [0.2, 0.25) is 0 Å². The first-order chi connectivity index (χ1) is 10.5. The lowest BCUT2D eigenvalue weighted by atomic mass is 10.1. The number of aromatic nitrogens is 1. The molecule has 0 radical (unpaired) electrons. The highest BCUT2D eigenvalue weighted by atomic mass is 16.5. The average molecular weight is 308 g/mol. The summed E-state index contributed by atoms with van der Waals surface area (Å²) in [5.74, 6) is -1.23.